The first kappa shape index (κ1) is 36.7. The Balaban J connectivity index is 0.000000421. The largest absolute Gasteiger partial charge is 0.492 e. The highest BCUT2D eigenvalue weighted by Gasteiger charge is 2.39. The number of anilines is 1. The fourth-order valence-corrected chi connectivity index (χ4v) is 3.63. The Morgan fingerprint density at radius 2 is 1.67 bits per heavy atom. The van der Waals surface area contributed by atoms with Gasteiger partial charge in [0.15, 0.2) is 0 Å². The average Bonchev–Trinajstić information content (AvgIpc) is 3.48. The number of carbonyl (C=O) groups is 3. The van der Waals surface area contributed by atoms with Crippen LogP contribution in [0.5, 0.6) is 11.5 Å². The second-order valence-electron chi connectivity index (χ2n) is 9.41. The van der Waals surface area contributed by atoms with Crippen LogP contribution >= 0.6 is 11.6 Å². The normalized spacial score (nSPS) is 14.0. The van der Waals surface area contributed by atoms with Gasteiger partial charge in [0.2, 0.25) is 5.91 Å². The fourth-order valence-electron chi connectivity index (χ4n) is 3.44. The van der Waals surface area contributed by atoms with Gasteiger partial charge in [-0.15, -0.1) is 0 Å². The number of H-pyrrole nitrogens is 1. The van der Waals surface area contributed by atoms with Gasteiger partial charge in [-0.2, -0.15) is 31.4 Å². The standard InChI is InChI=1S/C23H25ClN4O3.2C2HF3O2/c1-28(2)7-8-30-22-11-15(18-12-25-26-13-18)3-5-20(22)27-23(29)17-9-16-10-19(24)4-6-21(16)31-14-17;2*3-2(4,5)1(6)7/h3-6,10-13,17H,7-9,14H2,1-2H3,(H,25,26)(H,27,29);2*(H,6,7). The molecule has 3 aromatic rings. The Hall–Kier alpha value is -4.51. The minimum absolute atomic E-state index is 0.112. The maximum atomic E-state index is 13.0. The highest BCUT2D eigenvalue weighted by Crippen LogP contribution is 2.33. The number of ether oxygens (including phenoxy) is 2. The third-order valence-corrected chi connectivity index (χ3v) is 5.89. The number of amides is 1. The number of halogens is 7. The Bertz CT molecular complexity index is 1430. The number of carbonyl (C=O) groups excluding carboxylic acids is 1. The first-order valence-corrected chi connectivity index (χ1v) is 13.0. The van der Waals surface area contributed by atoms with Gasteiger partial charge in [0.25, 0.3) is 0 Å². The smallest absolute Gasteiger partial charge is 0.490 e. The Morgan fingerprint density at radius 3 is 2.20 bits per heavy atom. The van der Waals surface area contributed by atoms with Crippen molar-refractivity contribution in [2.24, 2.45) is 5.92 Å². The summed E-state index contributed by atoms with van der Waals surface area (Å²) in [5.74, 6) is -4.53. The van der Waals surface area contributed by atoms with E-state index in [0.717, 1.165) is 29.0 Å². The van der Waals surface area contributed by atoms with Crippen molar-refractivity contribution in [1.29, 1.82) is 0 Å². The fraction of sp³-hybridized carbons (Fsp3) is 0.333. The van der Waals surface area contributed by atoms with Crippen LogP contribution in [0.25, 0.3) is 11.1 Å². The van der Waals surface area contributed by atoms with E-state index in [1.165, 1.54) is 0 Å². The summed E-state index contributed by atoms with van der Waals surface area (Å²) in [7, 11) is 3.97. The van der Waals surface area contributed by atoms with E-state index in [1.807, 2.05) is 55.5 Å². The number of nitrogens with zero attached hydrogens (tertiary/aromatic N) is 2. The summed E-state index contributed by atoms with van der Waals surface area (Å²) in [4.78, 5) is 32.8. The molecule has 0 fully saturated rings. The van der Waals surface area contributed by atoms with Crippen molar-refractivity contribution in [3.05, 3.63) is 59.4 Å². The van der Waals surface area contributed by atoms with Crippen LogP contribution in [0, 0.1) is 5.92 Å². The Labute approximate surface area is 256 Å². The zero-order chi connectivity index (χ0) is 33.9. The third kappa shape index (κ3) is 12.2. The van der Waals surface area contributed by atoms with Gasteiger partial charge >= 0.3 is 24.3 Å². The zero-order valence-corrected chi connectivity index (χ0v) is 24.3. The van der Waals surface area contributed by atoms with Crippen LogP contribution in [0.3, 0.4) is 0 Å². The molecule has 0 spiro atoms. The van der Waals surface area contributed by atoms with Crippen LogP contribution < -0.4 is 14.8 Å². The highest BCUT2D eigenvalue weighted by atomic mass is 35.5. The molecule has 2 heterocycles. The number of alkyl halides is 6. The quantitative estimate of drug-likeness (QED) is 0.251. The van der Waals surface area contributed by atoms with E-state index in [9.17, 15) is 31.1 Å². The number of aromatic amines is 1. The predicted molar refractivity (Wildman–Crippen MR) is 148 cm³/mol. The maximum absolute atomic E-state index is 13.0. The van der Waals surface area contributed by atoms with Gasteiger partial charge in [-0.25, -0.2) is 9.59 Å². The van der Waals surface area contributed by atoms with Crippen molar-refractivity contribution < 1.29 is 60.4 Å². The summed E-state index contributed by atoms with van der Waals surface area (Å²) < 4.78 is 75.3. The van der Waals surface area contributed by atoms with Crippen LogP contribution in [0.4, 0.5) is 32.0 Å². The van der Waals surface area contributed by atoms with E-state index in [-0.39, 0.29) is 11.8 Å². The van der Waals surface area contributed by atoms with E-state index >= 15 is 0 Å². The first-order valence-electron chi connectivity index (χ1n) is 12.6. The molecule has 11 nitrogen and oxygen atoms in total. The number of benzene rings is 2. The van der Waals surface area contributed by atoms with Crippen LogP contribution in [-0.4, -0.2) is 89.4 Å². The van der Waals surface area contributed by atoms with Crippen molar-refractivity contribution >= 4 is 35.1 Å². The van der Waals surface area contributed by atoms with E-state index in [4.69, 9.17) is 40.9 Å². The summed E-state index contributed by atoms with van der Waals surface area (Å²) in [6.07, 6.45) is -6.02. The predicted octanol–water partition coefficient (Wildman–Crippen LogP) is 5.13. The van der Waals surface area contributed by atoms with Crippen molar-refractivity contribution in [3.8, 4) is 22.6 Å². The number of aliphatic carboxylic acids is 2. The van der Waals surface area contributed by atoms with E-state index in [2.05, 4.69) is 15.5 Å². The molecule has 0 radical (unpaired) electrons. The second kappa shape index (κ2) is 16.0. The summed E-state index contributed by atoms with van der Waals surface area (Å²) >= 11 is 6.10. The number of hydrogen-bond acceptors (Lipinski definition) is 7. The van der Waals surface area contributed by atoms with Crippen LogP contribution in [-0.2, 0) is 20.8 Å². The number of rotatable bonds is 7. The molecule has 246 valence electrons. The molecule has 4 rings (SSSR count). The minimum Gasteiger partial charge on any atom is -0.492 e. The van der Waals surface area contributed by atoms with Crippen LogP contribution in [0.1, 0.15) is 5.56 Å². The number of carboxylic acid groups (broad SMARTS) is 2. The zero-order valence-electron chi connectivity index (χ0n) is 23.5. The molecular formula is C27H27ClF6N4O7. The lowest BCUT2D eigenvalue weighted by Crippen LogP contribution is -2.32. The van der Waals surface area contributed by atoms with Gasteiger partial charge in [0.1, 0.15) is 24.7 Å². The lowest BCUT2D eigenvalue weighted by Gasteiger charge is -2.25. The van der Waals surface area contributed by atoms with Gasteiger partial charge in [-0.3, -0.25) is 9.89 Å². The van der Waals surface area contributed by atoms with Crippen molar-refractivity contribution in [2.45, 2.75) is 18.8 Å². The van der Waals surface area contributed by atoms with E-state index in [1.54, 1.807) is 12.3 Å². The van der Waals surface area contributed by atoms with E-state index < -0.39 is 24.3 Å². The molecule has 0 saturated carbocycles. The molecular weight excluding hydrogens is 642 g/mol. The van der Waals surface area contributed by atoms with Gasteiger partial charge in [0, 0.05) is 23.3 Å². The number of hydrogen-bond donors (Lipinski definition) is 4. The van der Waals surface area contributed by atoms with Crippen LogP contribution in [0.2, 0.25) is 5.02 Å². The molecule has 1 unspecified atom stereocenters. The summed E-state index contributed by atoms with van der Waals surface area (Å²) in [6, 6.07) is 11.2. The maximum Gasteiger partial charge on any atom is 0.490 e. The molecule has 45 heavy (non-hydrogen) atoms. The highest BCUT2D eigenvalue weighted by molar-refractivity contribution is 6.30. The monoisotopic (exact) mass is 668 g/mol. The van der Waals surface area contributed by atoms with Gasteiger partial charge in [-0.05, 0) is 62.0 Å². The molecule has 0 saturated heterocycles. The van der Waals surface area contributed by atoms with Gasteiger partial charge in [0.05, 0.1) is 17.8 Å². The number of nitrogens with one attached hydrogen (secondary N) is 2. The third-order valence-electron chi connectivity index (χ3n) is 5.65. The lowest BCUT2D eigenvalue weighted by molar-refractivity contribution is -0.193. The first-order chi connectivity index (χ1) is 20.9. The summed E-state index contributed by atoms with van der Waals surface area (Å²) in [5, 5.41) is 24.7. The molecule has 1 aliphatic heterocycles. The van der Waals surface area contributed by atoms with Gasteiger partial charge < -0.3 is 29.9 Å². The molecule has 0 bridgehead atoms. The molecule has 2 aromatic carbocycles. The second-order valence-corrected chi connectivity index (χ2v) is 9.85. The molecule has 1 atom stereocenters. The summed E-state index contributed by atoms with van der Waals surface area (Å²) in [5.41, 5.74) is 3.48. The molecule has 1 aliphatic rings. The van der Waals surface area contributed by atoms with Gasteiger partial charge in [-0.1, -0.05) is 17.7 Å². The number of fused-ring (bicyclic) bond motifs is 1. The molecule has 1 amide bonds. The Kier molecular flexibility index (Phi) is 13.0. The molecule has 1 aromatic heterocycles. The summed E-state index contributed by atoms with van der Waals surface area (Å²) in [6.45, 7) is 1.59. The number of aromatic nitrogens is 2. The molecule has 18 heteroatoms. The van der Waals surface area contributed by atoms with Crippen molar-refractivity contribution in [2.75, 3.05) is 39.2 Å². The molecule has 0 aliphatic carbocycles. The van der Waals surface area contributed by atoms with Crippen molar-refractivity contribution in [1.82, 2.24) is 15.1 Å². The lowest BCUT2D eigenvalue weighted by atomic mass is 9.96. The SMILES string of the molecule is CN(C)CCOc1cc(-c2cn[nH]c2)ccc1NC(=O)C1COc2ccc(Cl)cc2C1.O=C(O)C(F)(F)F.O=C(O)C(F)(F)F. The number of likely N-dealkylation sites (N-methyl/N-ethyl adjacent to an activating group) is 1. The molecule has 4 N–H and O–H groups in total. The Morgan fingerprint density at radius 1 is 1.04 bits per heavy atom. The van der Waals surface area contributed by atoms with Crippen LogP contribution in [0.15, 0.2) is 48.8 Å². The van der Waals surface area contributed by atoms with E-state index in [0.29, 0.717) is 36.1 Å². The van der Waals surface area contributed by atoms with Crippen molar-refractivity contribution in [3.63, 3.8) is 0 Å². The minimum atomic E-state index is -5.08. The topological polar surface area (TPSA) is 154 Å². The number of carboxylic acids is 2. The average molecular weight is 669 g/mol.